The van der Waals surface area contributed by atoms with Crippen LogP contribution in [0.1, 0.15) is 24.9 Å². The van der Waals surface area contributed by atoms with Gasteiger partial charge in [0.15, 0.2) is 0 Å². The Hall–Kier alpha value is -2.50. The number of nitro benzene ring substituents is 1. The Morgan fingerprint density at radius 2 is 2.11 bits per heavy atom. The standard InChI is InChI=1S/C13H13N3O3/c1-10(17)8-13(15-7-6-14-9-15)11-2-4-12(5-3-11)16(18)19/h2-7,9,13H,8H2,1H3. The highest BCUT2D eigenvalue weighted by atomic mass is 16.6. The zero-order valence-electron chi connectivity index (χ0n) is 10.4. The third kappa shape index (κ3) is 3.04. The van der Waals surface area contributed by atoms with Gasteiger partial charge in [0.2, 0.25) is 0 Å². The van der Waals surface area contributed by atoms with Gasteiger partial charge in [-0.1, -0.05) is 12.1 Å². The van der Waals surface area contributed by atoms with Crippen molar-refractivity contribution < 1.29 is 9.72 Å². The summed E-state index contributed by atoms with van der Waals surface area (Å²) < 4.78 is 1.82. The van der Waals surface area contributed by atoms with Gasteiger partial charge in [-0.25, -0.2) is 4.98 Å². The van der Waals surface area contributed by atoms with Gasteiger partial charge < -0.3 is 4.57 Å². The normalized spacial score (nSPS) is 12.1. The molecule has 0 aliphatic carbocycles. The average Bonchev–Trinajstić information content (AvgIpc) is 2.89. The molecule has 1 aromatic carbocycles. The van der Waals surface area contributed by atoms with Crippen LogP contribution in [0.5, 0.6) is 0 Å². The van der Waals surface area contributed by atoms with E-state index in [-0.39, 0.29) is 17.5 Å². The Morgan fingerprint density at radius 1 is 1.42 bits per heavy atom. The second-order valence-corrected chi connectivity index (χ2v) is 4.28. The smallest absolute Gasteiger partial charge is 0.269 e. The van der Waals surface area contributed by atoms with Gasteiger partial charge in [0.1, 0.15) is 5.78 Å². The topological polar surface area (TPSA) is 78.0 Å². The Kier molecular flexibility index (Phi) is 3.70. The fraction of sp³-hybridized carbons (Fsp3) is 0.231. The number of aromatic nitrogens is 2. The number of ketones is 1. The lowest BCUT2D eigenvalue weighted by atomic mass is 10.0. The van der Waals surface area contributed by atoms with E-state index < -0.39 is 4.92 Å². The molecule has 1 atom stereocenters. The summed E-state index contributed by atoms with van der Waals surface area (Å²) in [6.45, 7) is 1.52. The fourth-order valence-electron chi connectivity index (χ4n) is 1.94. The number of hydrogen-bond donors (Lipinski definition) is 0. The van der Waals surface area contributed by atoms with Gasteiger partial charge in [0.25, 0.3) is 5.69 Å². The molecule has 0 bridgehead atoms. The molecule has 0 aliphatic heterocycles. The van der Waals surface area contributed by atoms with Crippen LogP contribution < -0.4 is 0 Å². The molecule has 0 spiro atoms. The number of Topliss-reactive ketones (excluding diaryl/α,β-unsaturated/α-hetero) is 1. The number of rotatable bonds is 5. The molecule has 6 nitrogen and oxygen atoms in total. The van der Waals surface area contributed by atoms with Crippen molar-refractivity contribution in [3.05, 3.63) is 58.7 Å². The summed E-state index contributed by atoms with van der Waals surface area (Å²) in [5, 5.41) is 10.6. The van der Waals surface area contributed by atoms with Crippen molar-refractivity contribution in [2.75, 3.05) is 0 Å². The lowest BCUT2D eigenvalue weighted by Gasteiger charge is -2.17. The van der Waals surface area contributed by atoms with Crippen LogP contribution in [0.4, 0.5) is 5.69 Å². The van der Waals surface area contributed by atoms with E-state index in [0.717, 1.165) is 5.56 Å². The van der Waals surface area contributed by atoms with Crippen LogP contribution in [0.2, 0.25) is 0 Å². The van der Waals surface area contributed by atoms with Crippen LogP contribution in [0.3, 0.4) is 0 Å². The van der Waals surface area contributed by atoms with Gasteiger partial charge in [-0.3, -0.25) is 14.9 Å². The maximum atomic E-state index is 11.4. The first-order valence-corrected chi connectivity index (χ1v) is 5.79. The highest BCUT2D eigenvalue weighted by Crippen LogP contribution is 2.24. The minimum atomic E-state index is -0.443. The summed E-state index contributed by atoms with van der Waals surface area (Å²) in [5.41, 5.74) is 0.884. The molecule has 0 saturated heterocycles. The van der Waals surface area contributed by atoms with Crippen molar-refractivity contribution in [2.24, 2.45) is 0 Å². The quantitative estimate of drug-likeness (QED) is 0.610. The molecule has 6 heteroatoms. The zero-order chi connectivity index (χ0) is 13.8. The number of benzene rings is 1. The third-order valence-corrected chi connectivity index (χ3v) is 2.85. The molecule has 0 radical (unpaired) electrons. The van der Waals surface area contributed by atoms with E-state index in [1.807, 2.05) is 4.57 Å². The molecule has 0 saturated carbocycles. The van der Waals surface area contributed by atoms with Gasteiger partial charge in [-0.2, -0.15) is 0 Å². The summed E-state index contributed by atoms with van der Waals surface area (Å²) in [6, 6.07) is 6.05. The average molecular weight is 259 g/mol. The van der Waals surface area contributed by atoms with Gasteiger partial charge in [-0.15, -0.1) is 0 Å². The van der Waals surface area contributed by atoms with Gasteiger partial charge in [0, 0.05) is 30.9 Å². The third-order valence-electron chi connectivity index (χ3n) is 2.85. The predicted octanol–water partition coefficient (Wildman–Crippen LogP) is 2.36. The molecule has 2 aromatic rings. The highest BCUT2D eigenvalue weighted by molar-refractivity contribution is 5.76. The fourth-order valence-corrected chi connectivity index (χ4v) is 1.94. The molecule has 1 aromatic heterocycles. The summed E-state index contributed by atoms with van der Waals surface area (Å²) in [7, 11) is 0. The molecule has 2 rings (SSSR count). The van der Waals surface area contributed by atoms with E-state index in [1.54, 1.807) is 30.9 Å². The SMILES string of the molecule is CC(=O)CC(c1ccc([N+](=O)[O-])cc1)n1ccnc1. The van der Waals surface area contributed by atoms with E-state index >= 15 is 0 Å². The summed E-state index contributed by atoms with van der Waals surface area (Å²) >= 11 is 0. The van der Waals surface area contributed by atoms with E-state index in [4.69, 9.17) is 0 Å². The Bertz CT molecular complexity index is 576. The Balaban J connectivity index is 2.33. The molecule has 1 unspecified atom stereocenters. The first kappa shape index (κ1) is 12.9. The maximum Gasteiger partial charge on any atom is 0.269 e. The number of imidazole rings is 1. The predicted molar refractivity (Wildman–Crippen MR) is 68.8 cm³/mol. The van der Waals surface area contributed by atoms with Gasteiger partial charge in [-0.05, 0) is 12.5 Å². The van der Waals surface area contributed by atoms with Crippen molar-refractivity contribution in [1.82, 2.24) is 9.55 Å². The Morgan fingerprint density at radius 3 is 2.58 bits per heavy atom. The van der Waals surface area contributed by atoms with Crippen molar-refractivity contribution >= 4 is 11.5 Å². The number of nitrogens with zero attached hydrogens (tertiary/aromatic N) is 3. The molecule has 0 aliphatic rings. The number of nitro groups is 1. The minimum Gasteiger partial charge on any atom is -0.330 e. The van der Waals surface area contributed by atoms with Crippen molar-refractivity contribution in [3.63, 3.8) is 0 Å². The van der Waals surface area contributed by atoms with Crippen molar-refractivity contribution in [1.29, 1.82) is 0 Å². The minimum absolute atomic E-state index is 0.0379. The summed E-state index contributed by atoms with van der Waals surface area (Å²) in [5.74, 6) is 0.0528. The molecule has 0 amide bonds. The highest BCUT2D eigenvalue weighted by Gasteiger charge is 2.16. The van der Waals surface area contributed by atoms with Crippen LogP contribution in [0.25, 0.3) is 0 Å². The van der Waals surface area contributed by atoms with E-state index in [0.29, 0.717) is 6.42 Å². The van der Waals surface area contributed by atoms with Crippen LogP contribution in [0.15, 0.2) is 43.0 Å². The molecule has 19 heavy (non-hydrogen) atoms. The first-order chi connectivity index (χ1) is 9.08. The number of carbonyl (C=O) groups is 1. The number of carbonyl (C=O) groups excluding carboxylic acids is 1. The van der Waals surface area contributed by atoms with Crippen LogP contribution in [-0.2, 0) is 4.79 Å². The lowest BCUT2D eigenvalue weighted by Crippen LogP contribution is -2.12. The monoisotopic (exact) mass is 259 g/mol. The summed E-state index contributed by atoms with van der Waals surface area (Å²) in [6.07, 6.45) is 5.37. The van der Waals surface area contributed by atoms with Crippen LogP contribution in [0, 0.1) is 10.1 Å². The van der Waals surface area contributed by atoms with Gasteiger partial charge >= 0.3 is 0 Å². The molecular formula is C13H13N3O3. The molecule has 0 N–H and O–H groups in total. The number of non-ortho nitro benzene ring substituents is 1. The van der Waals surface area contributed by atoms with E-state index in [2.05, 4.69) is 4.98 Å². The second-order valence-electron chi connectivity index (χ2n) is 4.28. The number of hydrogen-bond acceptors (Lipinski definition) is 4. The van der Waals surface area contributed by atoms with E-state index in [9.17, 15) is 14.9 Å². The van der Waals surface area contributed by atoms with Crippen LogP contribution in [-0.4, -0.2) is 20.3 Å². The van der Waals surface area contributed by atoms with E-state index in [1.165, 1.54) is 19.1 Å². The van der Waals surface area contributed by atoms with Crippen LogP contribution >= 0.6 is 0 Å². The summed E-state index contributed by atoms with van der Waals surface area (Å²) in [4.78, 5) is 25.5. The van der Waals surface area contributed by atoms with Crippen molar-refractivity contribution in [3.8, 4) is 0 Å². The molecule has 98 valence electrons. The molecule has 0 fully saturated rings. The zero-order valence-corrected chi connectivity index (χ0v) is 10.4. The van der Waals surface area contributed by atoms with Gasteiger partial charge in [0.05, 0.1) is 17.3 Å². The molecule has 1 heterocycles. The lowest BCUT2D eigenvalue weighted by molar-refractivity contribution is -0.384. The first-order valence-electron chi connectivity index (χ1n) is 5.79. The second kappa shape index (κ2) is 5.43. The largest absolute Gasteiger partial charge is 0.330 e. The maximum absolute atomic E-state index is 11.4. The molecular weight excluding hydrogens is 246 g/mol. The van der Waals surface area contributed by atoms with Crippen molar-refractivity contribution in [2.45, 2.75) is 19.4 Å². The Labute approximate surface area is 109 Å².